The van der Waals surface area contributed by atoms with Crippen LogP contribution >= 0.6 is 0 Å². The van der Waals surface area contributed by atoms with Crippen LogP contribution in [0.1, 0.15) is 20.3 Å². The third-order valence-electron chi connectivity index (χ3n) is 3.95. The van der Waals surface area contributed by atoms with Gasteiger partial charge in [0.05, 0.1) is 12.8 Å². The SMILES string of the molecule is COc1ccc(-c2ccc(=O)n(CC(=O)NC(CC(C)C)C(=O)O)n2)c(F)c1. The zero-order valence-corrected chi connectivity index (χ0v) is 15.8. The molecule has 1 heterocycles. The number of nitrogens with zero attached hydrogens (tertiary/aromatic N) is 2. The summed E-state index contributed by atoms with van der Waals surface area (Å²) >= 11 is 0. The highest BCUT2D eigenvalue weighted by molar-refractivity contribution is 5.83. The maximum Gasteiger partial charge on any atom is 0.326 e. The molecule has 2 rings (SSSR count). The molecule has 1 unspecified atom stereocenters. The Bertz CT molecular complexity index is 926. The van der Waals surface area contributed by atoms with E-state index in [9.17, 15) is 23.9 Å². The summed E-state index contributed by atoms with van der Waals surface area (Å²) in [6.45, 7) is 3.19. The van der Waals surface area contributed by atoms with Crippen LogP contribution in [0.5, 0.6) is 5.75 Å². The number of aliphatic carboxylic acids is 1. The van der Waals surface area contributed by atoms with Gasteiger partial charge in [-0.15, -0.1) is 0 Å². The fourth-order valence-electron chi connectivity index (χ4n) is 2.61. The minimum atomic E-state index is -1.16. The summed E-state index contributed by atoms with van der Waals surface area (Å²) in [6.07, 6.45) is 0.250. The molecule has 0 bridgehead atoms. The number of methoxy groups -OCH3 is 1. The summed E-state index contributed by atoms with van der Waals surface area (Å²) in [6, 6.07) is 5.64. The highest BCUT2D eigenvalue weighted by Crippen LogP contribution is 2.23. The van der Waals surface area contributed by atoms with Gasteiger partial charge in [0, 0.05) is 17.7 Å². The summed E-state index contributed by atoms with van der Waals surface area (Å²) in [7, 11) is 1.41. The molecule has 0 aliphatic rings. The molecule has 0 aliphatic carbocycles. The first kappa shape index (κ1) is 21.1. The number of carboxylic acid groups (broad SMARTS) is 1. The molecule has 0 saturated heterocycles. The van der Waals surface area contributed by atoms with Gasteiger partial charge >= 0.3 is 5.97 Å². The Balaban J connectivity index is 2.23. The molecular weight excluding hydrogens is 369 g/mol. The van der Waals surface area contributed by atoms with E-state index in [1.54, 1.807) is 6.07 Å². The van der Waals surface area contributed by atoms with Crippen LogP contribution in [0, 0.1) is 11.7 Å². The first-order chi connectivity index (χ1) is 13.2. The number of halogens is 1. The zero-order valence-electron chi connectivity index (χ0n) is 15.8. The third kappa shape index (κ3) is 5.38. The molecule has 0 fully saturated rings. The largest absolute Gasteiger partial charge is 0.497 e. The molecule has 28 heavy (non-hydrogen) atoms. The van der Waals surface area contributed by atoms with E-state index in [0.717, 1.165) is 4.68 Å². The van der Waals surface area contributed by atoms with Crippen LogP contribution in [-0.2, 0) is 16.1 Å². The third-order valence-corrected chi connectivity index (χ3v) is 3.95. The van der Waals surface area contributed by atoms with Crippen LogP contribution in [0.15, 0.2) is 35.1 Å². The number of hydrogen-bond donors (Lipinski definition) is 2. The number of amides is 1. The molecule has 1 aromatic carbocycles. The Morgan fingerprint density at radius 1 is 1.29 bits per heavy atom. The van der Waals surface area contributed by atoms with Gasteiger partial charge in [-0.2, -0.15) is 5.10 Å². The van der Waals surface area contributed by atoms with Gasteiger partial charge < -0.3 is 15.2 Å². The topological polar surface area (TPSA) is 111 Å². The van der Waals surface area contributed by atoms with E-state index in [-0.39, 0.29) is 23.6 Å². The number of benzene rings is 1. The van der Waals surface area contributed by atoms with Gasteiger partial charge in [-0.1, -0.05) is 13.8 Å². The van der Waals surface area contributed by atoms with Crippen molar-refractivity contribution in [2.24, 2.45) is 5.92 Å². The van der Waals surface area contributed by atoms with Crippen molar-refractivity contribution in [3.8, 4) is 17.0 Å². The molecule has 8 nitrogen and oxygen atoms in total. The number of ether oxygens (including phenoxy) is 1. The summed E-state index contributed by atoms with van der Waals surface area (Å²) in [4.78, 5) is 35.5. The maximum atomic E-state index is 14.2. The van der Waals surface area contributed by atoms with Crippen molar-refractivity contribution in [2.45, 2.75) is 32.9 Å². The van der Waals surface area contributed by atoms with Crippen LogP contribution in [-0.4, -0.2) is 39.9 Å². The summed E-state index contributed by atoms with van der Waals surface area (Å²) in [5, 5.41) is 15.6. The Morgan fingerprint density at radius 3 is 2.57 bits per heavy atom. The fourth-order valence-corrected chi connectivity index (χ4v) is 2.61. The minimum Gasteiger partial charge on any atom is -0.497 e. The van der Waals surface area contributed by atoms with E-state index in [0.29, 0.717) is 5.75 Å². The first-order valence-electron chi connectivity index (χ1n) is 8.65. The lowest BCUT2D eigenvalue weighted by Crippen LogP contribution is -2.44. The van der Waals surface area contributed by atoms with Crippen LogP contribution < -0.4 is 15.6 Å². The number of carbonyl (C=O) groups is 2. The lowest BCUT2D eigenvalue weighted by Gasteiger charge is -2.16. The fraction of sp³-hybridized carbons (Fsp3) is 0.368. The second kappa shape index (κ2) is 9.12. The highest BCUT2D eigenvalue weighted by Gasteiger charge is 2.21. The van der Waals surface area contributed by atoms with E-state index >= 15 is 0 Å². The van der Waals surface area contributed by atoms with Crippen LogP contribution in [0.3, 0.4) is 0 Å². The molecule has 150 valence electrons. The molecule has 0 aliphatic heterocycles. The van der Waals surface area contributed by atoms with E-state index in [1.165, 1.54) is 31.4 Å². The first-order valence-corrected chi connectivity index (χ1v) is 8.65. The lowest BCUT2D eigenvalue weighted by molar-refractivity contribution is -0.142. The molecule has 0 saturated carbocycles. The van der Waals surface area contributed by atoms with Gasteiger partial charge in [-0.05, 0) is 30.5 Å². The Hall–Kier alpha value is -3.23. The van der Waals surface area contributed by atoms with Gasteiger partial charge in [0.25, 0.3) is 5.56 Å². The predicted octanol–water partition coefficient (Wildman–Crippen LogP) is 1.67. The molecule has 1 atom stereocenters. The van der Waals surface area contributed by atoms with E-state index in [4.69, 9.17) is 4.74 Å². The second-order valence-corrected chi connectivity index (χ2v) is 6.65. The average molecular weight is 391 g/mol. The molecule has 9 heteroatoms. The van der Waals surface area contributed by atoms with Gasteiger partial charge in [-0.25, -0.2) is 13.9 Å². The Kier molecular flexibility index (Phi) is 6.86. The monoisotopic (exact) mass is 391 g/mol. The Labute approximate surface area is 160 Å². The van der Waals surface area contributed by atoms with Gasteiger partial charge in [-0.3, -0.25) is 9.59 Å². The standard InChI is InChI=1S/C19H22FN3O5/c1-11(2)8-16(19(26)27)21-17(24)10-23-18(25)7-6-15(22-23)13-5-4-12(28-3)9-14(13)20/h4-7,9,11,16H,8,10H2,1-3H3,(H,21,24)(H,26,27). The summed E-state index contributed by atoms with van der Waals surface area (Å²) in [5.41, 5.74) is -0.272. The minimum absolute atomic E-state index is 0.0589. The van der Waals surface area contributed by atoms with Crippen LogP contribution in [0.4, 0.5) is 4.39 Å². The zero-order chi connectivity index (χ0) is 20.8. The number of nitrogens with one attached hydrogen (secondary N) is 1. The summed E-state index contributed by atoms with van der Waals surface area (Å²) < 4.78 is 20.1. The highest BCUT2D eigenvalue weighted by atomic mass is 19.1. The van der Waals surface area contributed by atoms with Gasteiger partial charge in [0.2, 0.25) is 5.91 Å². The van der Waals surface area contributed by atoms with Gasteiger partial charge in [0.15, 0.2) is 0 Å². The molecule has 0 spiro atoms. The van der Waals surface area contributed by atoms with Crippen molar-refractivity contribution in [2.75, 3.05) is 7.11 Å². The molecule has 0 radical (unpaired) electrons. The Morgan fingerprint density at radius 2 is 2.00 bits per heavy atom. The molecule has 1 amide bonds. The van der Waals surface area contributed by atoms with Crippen molar-refractivity contribution in [1.82, 2.24) is 15.1 Å². The van der Waals surface area contributed by atoms with Crippen molar-refractivity contribution in [1.29, 1.82) is 0 Å². The maximum absolute atomic E-state index is 14.2. The van der Waals surface area contributed by atoms with Crippen LogP contribution in [0.2, 0.25) is 0 Å². The molecular formula is C19H22FN3O5. The quantitative estimate of drug-likeness (QED) is 0.708. The number of carbonyl (C=O) groups excluding carboxylic acids is 1. The number of rotatable bonds is 8. The lowest BCUT2D eigenvalue weighted by atomic mass is 10.0. The van der Waals surface area contributed by atoms with Crippen molar-refractivity contribution >= 4 is 11.9 Å². The predicted molar refractivity (Wildman–Crippen MR) is 99.5 cm³/mol. The van der Waals surface area contributed by atoms with Crippen molar-refractivity contribution in [3.05, 3.63) is 46.5 Å². The molecule has 1 aromatic heterocycles. The average Bonchev–Trinajstić information content (AvgIpc) is 2.62. The number of hydrogen-bond acceptors (Lipinski definition) is 5. The number of carboxylic acids is 1. The molecule has 2 N–H and O–H groups in total. The summed E-state index contributed by atoms with van der Waals surface area (Å²) in [5.74, 6) is -2.03. The van der Waals surface area contributed by atoms with Crippen LogP contribution in [0.25, 0.3) is 11.3 Å². The number of aromatic nitrogens is 2. The van der Waals surface area contributed by atoms with Crippen molar-refractivity contribution < 1.29 is 23.8 Å². The van der Waals surface area contributed by atoms with E-state index in [2.05, 4.69) is 10.4 Å². The molecule has 2 aromatic rings. The second-order valence-electron chi connectivity index (χ2n) is 6.65. The van der Waals surface area contributed by atoms with E-state index in [1.807, 2.05) is 13.8 Å². The van der Waals surface area contributed by atoms with E-state index < -0.39 is 35.8 Å². The normalized spacial score (nSPS) is 11.9. The van der Waals surface area contributed by atoms with Crippen molar-refractivity contribution in [3.63, 3.8) is 0 Å². The smallest absolute Gasteiger partial charge is 0.326 e. The van der Waals surface area contributed by atoms with Gasteiger partial charge in [0.1, 0.15) is 24.2 Å².